The number of hydrogen-bond acceptors (Lipinski definition) is 0. The summed E-state index contributed by atoms with van der Waals surface area (Å²) >= 11 is 0. The van der Waals surface area contributed by atoms with Crippen LogP contribution in [0, 0.1) is 47.3 Å². The smallest absolute Gasteiger partial charge is 0.0383 e. The summed E-state index contributed by atoms with van der Waals surface area (Å²) in [6.45, 7) is 9.50. The van der Waals surface area contributed by atoms with Crippen molar-refractivity contribution < 1.29 is 0 Å². The van der Waals surface area contributed by atoms with Crippen LogP contribution in [0.3, 0.4) is 0 Å². The fourth-order valence-electron chi connectivity index (χ4n) is 7.95. The highest BCUT2D eigenvalue weighted by atomic mass is 14.4. The van der Waals surface area contributed by atoms with Gasteiger partial charge in [-0.2, -0.15) is 0 Å². The van der Waals surface area contributed by atoms with E-state index in [2.05, 4.69) is 27.7 Å². The summed E-state index contributed by atoms with van der Waals surface area (Å²) in [4.78, 5) is 0. The third-order valence-electron chi connectivity index (χ3n) is 10.2. The molecule has 4 fully saturated rings. The van der Waals surface area contributed by atoms with Gasteiger partial charge in [0.1, 0.15) is 0 Å². The van der Waals surface area contributed by atoms with Crippen LogP contribution < -0.4 is 0 Å². The minimum Gasteiger partial charge on any atom is -0.0651 e. The molecule has 0 aromatic carbocycles. The van der Waals surface area contributed by atoms with Crippen molar-refractivity contribution in [2.45, 2.75) is 137 Å². The molecule has 0 amide bonds. The van der Waals surface area contributed by atoms with Crippen LogP contribution in [0.2, 0.25) is 0 Å². The molecule has 0 saturated heterocycles. The van der Waals surface area contributed by atoms with Crippen molar-refractivity contribution in [1.29, 1.82) is 0 Å². The highest BCUT2D eigenvalue weighted by Crippen LogP contribution is 2.49. The molecule has 4 aliphatic rings. The Kier molecular flexibility index (Phi) is 9.91. The molecule has 0 spiro atoms. The maximum absolute atomic E-state index is 2.41. The highest BCUT2D eigenvalue weighted by Gasteiger charge is 2.37. The van der Waals surface area contributed by atoms with Gasteiger partial charge in [-0.1, -0.05) is 91.9 Å². The van der Waals surface area contributed by atoms with E-state index in [0.717, 1.165) is 47.3 Å². The normalized spacial score (nSPS) is 40.2. The molecule has 4 saturated carbocycles. The molecular weight excluding hydrogens is 348 g/mol. The number of hydrogen-bond donors (Lipinski definition) is 0. The van der Waals surface area contributed by atoms with Crippen LogP contribution in [0.25, 0.3) is 0 Å². The van der Waals surface area contributed by atoms with Crippen molar-refractivity contribution >= 4 is 0 Å². The zero-order valence-electron chi connectivity index (χ0n) is 20.6. The first-order valence-electron chi connectivity index (χ1n) is 14.1. The number of fused-ring (bicyclic) bond motifs is 1. The lowest BCUT2D eigenvalue weighted by atomic mass is 9.66. The summed E-state index contributed by atoms with van der Waals surface area (Å²) in [5.41, 5.74) is 0. The second kappa shape index (κ2) is 12.1. The van der Waals surface area contributed by atoms with Gasteiger partial charge in [0.2, 0.25) is 0 Å². The molecule has 3 atom stereocenters. The molecule has 4 aliphatic carbocycles. The van der Waals surface area contributed by atoms with E-state index >= 15 is 0 Å². The van der Waals surface area contributed by atoms with Crippen LogP contribution in [0.1, 0.15) is 137 Å². The van der Waals surface area contributed by atoms with Gasteiger partial charge in [0, 0.05) is 0 Å². The molecule has 0 nitrogen and oxygen atoms in total. The van der Waals surface area contributed by atoms with Crippen molar-refractivity contribution in [2.24, 2.45) is 47.3 Å². The van der Waals surface area contributed by atoms with E-state index < -0.39 is 0 Å². The van der Waals surface area contributed by atoms with Crippen molar-refractivity contribution in [1.82, 2.24) is 0 Å². The van der Waals surface area contributed by atoms with Gasteiger partial charge in [-0.15, -0.1) is 0 Å². The molecule has 0 heteroatoms. The average molecular weight is 403 g/mol. The predicted molar refractivity (Wildman–Crippen MR) is 129 cm³/mol. The van der Waals surface area contributed by atoms with Crippen molar-refractivity contribution in [2.75, 3.05) is 0 Å². The van der Waals surface area contributed by atoms with Gasteiger partial charge in [0.15, 0.2) is 0 Å². The van der Waals surface area contributed by atoms with Gasteiger partial charge in [-0.05, 0) is 92.3 Å². The Morgan fingerprint density at radius 2 is 1.10 bits per heavy atom. The minimum absolute atomic E-state index is 1.01. The fraction of sp³-hybridized carbons (Fsp3) is 1.00. The first-order chi connectivity index (χ1) is 14.1. The quantitative estimate of drug-likeness (QED) is 0.429. The Labute approximate surface area is 184 Å². The Morgan fingerprint density at radius 3 is 1.72 bits per heavy atom. The third kappa shape index (κ3) is 6.74. The SMILES string of the molecule is CCC(CC)C1CCC(C)CC1.CCC1CCC(C2CCC3CCCC3C2)CC1. The van der Waals surface area contributed by atoms with Crippen LogP contribution in [-0.4, -0.2) is 0 Å². The fourth-order valence-corrected chi connectivity index (χ4v) is 7.95. The maximum atomic E-state index is 2.41. The second-order valence-electron chi connectivity index (χ2n) is 11.8. The van der Waals surface area contributed by atoms with Gasteiger partial charge in [-0.25, -0.2) is 0 Å². The molecule has 4 rings (SSSR count). The summed E-state index contributed by atoms with van der Waals surface area (Å²) in [6.07, 6.45) is 25.9. The first kappa shape index (κ1) is 23.7. The summed E-state index contributed by atoms with van der Waals surface area (Å²) in [5, 5.41) is 0. The van der Waals surface area contributed by atoms with Gasteiger partial charge in [0.25, 0.3) is 0 Å². The predicted octanol–water partition coefficient (Wildman–Crippen LogP) is 9.67. The lowest BCUT2D eigenvalue weighted by Gasteiger charge is -2.39. The van der Waals surface area contributed by atoms with Gasteiger partial charge in [-0.3, -0.25) is 0 Å². The Morgan fingerprint density at radius 1 is 0.586 bits per heavy atom. The molecule has 170 valence electrons. The molecule has 0 bridgehead atoms. The standard InChI is InChI=1S/C17H30.C12H24/c1-2-13-6-8-15(9-7-13)17-11-10-14-4-3-5-16(14)12-17;1-4-11(5-2)12-8-6-10(3)7-9-12/h13-17H,2-12H2,1H3;10-12H,4-9H2,1-3H3. The zero-order valence-corrected chi connectivity index (χ0v) is 20.6. The van der Waals surface area contributed by atoms with E-state index in [1.54, 1.807) is 64.2 Å². The van der Waals surface area contributed by atoms with Gasteiger partial charge in [0.05, 0.1) is 0 Å². The molecule has 3 unspecified atom stereocenters. The lowest BCUT2D eigenvalue weighted by Crippen LogP contribution is -2.28. The number of rotatable bonds is 5. The van der Waals surface area contributed by atoms with Crippen LogP contribution >= 0.6 is 0 Å². The summed E-state index contributed by atoms with van der Waals surface area (Å²) in [5.74, 6) is 8.74. The van der Waals surface area contributed by atoms with E-state index in [9.17, 15) is 0 Å². The minimum atomic E-state index is 1.01. The highest BCUT2D eigenvalue weighted by molar-refractivity contribution is 4.88. The molecule has 0 radical (unpaired) electrons. The van der Waals surface area contributed by atoms with Crippen molar-refractivity contribution in [3.8, 4) is 0 Å². The van der Waals surface area contributed by atoms with E-state index in [-0.39, 0.29) is 0 Å². The van der Waals surface area contributed by atoms with Crippen LogP contribution in [-0.2, 0) is 0 Å². The Balaban J connectivity index is 0.000000177. The largest absolute Gasteiger partial charge is 0.0651 e. The zero-order chi connectivity index (χ0) is 20.6. The van der Waals surface area contributed by atoms with E-state index in [1.165, 1.54) is 44.9 Å². The molecule has 0 aromatic rings. The average Bonchev–Trinajstić information content (AvgIpc) is 3.24. The van der Waals surface area contributed by atoms with E-state index in [4.69, 9.17) is 0 Å². The first-order valence-corrected chi connectivity index (χ1v) is 14.1. The molecule has 0 heterocycles. The van der Waals surface area contributed by atoms with E-state index in [0.29, 0.717) is 0 Å². The lowest BCUT2D eigenvalue weighted by molar-refractivity contribution is 0.116. The monoisotopic (exact) mass is 402 g/mol. The van der Waals surface area contributed by atoms with Gasteiger partial charge < -0.3 is 0 Å². The molecule has 0 aromatic heterocycles. The Hall–Kier alpha value is 0. The van der Waals surface area contributed by atoms with E-state index in [1.807, 2.05) is 0 Å². The third-order valence-corrected chi connectivity index (χ3v) is 10.2. The van der Waals surface area contributed by atoms with Crippen molar-refractivity contribution in [3.05, 3.63) is 0 Å². The molecule has 0 aliphatic heterocycles. The van der Waals surface area contributed by atoms with Crippen LogP contribution in [0.15, 0.2) is 0 Å². The molecule has 29 heavy (non-hydrogen) atoms. The van der Waals surface area contributed by atoms with Gasteiger partial charge >= 0.3 is 0 Å². The Bertz CT molecular complexity index is 419. The molecule has 0 N–H and O–H groups in total. The topological polar surface area (TPSA) is 0 Å². The molecular formula is C29H54. The summed E-state index contributed by atoms with van der Waals surface area (Å²) < 4.78 is 0. The second-order valence-corrected chi connectivity index (χ2v) is 11.8. The maximum Gasteiger partial charge on any atom is -0.0383 e. The summed E-state index contributed by atoms with van der Waals surface area (Å²) in [7, 11) is 0. The van der Waals surface area contributed by atoms with Crippen molar-refractivity contribution in [3.63, 3.8) is 0 Å². The van der Waals surface area contributed by atoms with Crippen LogP contribution in [0.4, 0.5) is 0 Å². The summed E-state index contributed by atoms with van der Waals surface area (Å²) in [6, 6.07) is 0. The van der Waals surface area contributed by atoms with Crippen LogP contribution in [0.5, 0.6) is 0 Å².